The van der Waals surface area contributed by atoms with Gasteiger partial charge in [0.15, 0.2) is 0 Å². The minimum Gasteiger partial charge on any atom is -0.395 e. The van der Waals surface area contributed by atoms with Crippen LogP contribution in [0.1, 0.15) is 51.0 Å². The Morgan fingerprint density at radius 1 is 1.06 bits per heavy atom. The number of benzene rings is 1. The molecule has 0 aromatic heterocycles. The van der Waals surface area contributed by atoms with Gasteiger partial charge in [-0.3, -0.25) is 0 Å². The average Bonchev–Trinajstić information content (AvgIpc) is 2.43. The van der Waals surface area contributed by atoms with Gasteiger partial charge in [0.05, 0.1) is 6.61 Å². The Balaban J connectivity index is 2.13. The van der Waals surface area contributed by atoms with E-state index < -0.39 is 0 Å². The highest BCUT2D eigenvalue weighted by atomic mass is 16.3. The van der Waals surface area contributed by atoms with Crippen LogP contribution in [0.3, 0.4) is 0 Å². The fourth-order valence-corrected chi connectivity index (χ4v) is 2.11. The lowest BCUT2D eigenvalue weighted by Crippen LogP contribution is -2.31. The van der Waals surface area contributed by atoms with E-state index in [4.69, 9.17) is 0 Å². The van der Waals surface area contributed by atoms with Crippen LogP contribution in [0.4, 0.5) is 0 Å². The van der Waals surface area contributed by atoms with Gasteiger partial charge in [-0.2, -0.15) is 0 Å². The van der Waals surface area contributed by atoms with Crippen molar-refractivity contribution in [3.05, 3.63) is 35.9 Å². The zero-order chi connectivity index (χ0) is 13.1. The second-order valence-electron chi connectivity index (χ2n) is 4.95. The topological polar surface area (TPSA) is 32.3 Å². The molecule has 0 aliphatic rings. The summed E-state index contributed by atoms with van der Waals surface area (Å²) >= 11 is 0. The molecule has 1 rings (SSSR count). The predicted molar refractivity (Wildman–Crippen MR) is 77.5 cm³/mol. The van der Waals surface area contributed by atoms with Gasteiger partial charge in [-0.25, -0.2) is 0 Å². The van der Waals surface area contributed by atoms with E-state index in [1.807, 2.05) is 6.07 Å². The molecule has 102 valence electrons. The Morgan fingerprint density at radius 2 is 1.78 bits per heavy atom. The summed E-state index contributed by atoms with van der Waals surface area (Å²) in [6.45, 7) is 3.32. The standard InChI is InChI=1S/C16H27NO/c1-2-3-4-5-9-12-16(14-18)17-13-15-10-7-6-8-11-15/h6-8,10-11,16-18H,2-5,9,12-14H2,1H3. The molecule has 1 atom stereocenters. The fourth-order valence-electron chi connectivity index (χ4n) is 2.11. The quantitative estimate of drug-likeness (QED) is 0.622. The van der Waals surface area contributed by atoms with E-state index in [0.717, 1.165) is 13.0 Å². The second-order valence-corrected chi connectivity index (χ2v) is 4.95. The van der Waals surface area contributed by atoms with Crippen LogP contribution in [0.15, 0.2) is 30.3 Å². The van der Waals surface area contributed by atoms with Gasteiger partial charge in [-0.15, -0.1) is 0 Å². The van der Waals surface area contributed by atoms with E-state index in [1.54, 1.807) is 0 Å². The molecule has 2 N–H and O–H groups in total. The van der Waals surface area contributed by atoms with Crippen molar-refractivity contribution in [1.29, 1.82) is 0 Å². The number of aliphatic hydroxyl groups excluding tert-OH is 1. The molecule has 1 aromatic rings. The molecule has 1 unspecified atom stereocenters. The summed E-state index contributed by atoms with van der Waals surface area (Å²) in [6.07, 6.45) is 7.53. The zero-order valence-corrected chi connectivity index (χ0v) is 11.6. The number of aliphatic hydroxyl groups is 1. The van der Waals surface area contributed by atoms with Crippen molar-refractivity contribution in [1.82, 2.24) is 5.32 Å². The van der Waals surface area contributed by atoms with Gasteiger partial charge in [-0.1, -0.05) is 69.4 Å². The van der Waals surface area contributed by atoms with Crippen molar-refractivity contribution in [3.63, 3.8) is 0 Å². The van der Waals surface area contributed by atoms with E-state index in [1.165, 1.54) is 37.7 Å². The third kappa shape index (κ3) is 6.77. The first-order chi connectivity index (χ1) is 8.86. The third-order valence-electron chi connectivity index (χ3n) is 3.31. The fraction of sp³-hybridized carbons (Fsp3) is 0.625. The van der Waals surface area contributed by atoms with E-state index in [9.17, 15) is 5.11 Å². The molecule has 0 saturated carbocycles. The van der Waals surface area contributed by atoms with E-state index in [0.29, 0.717) is 0 Å². The monoisotopic (exact) mass is 249 g/mol. The maximum Gasteiger partial charge on any atom is 0.0584 e. The van der Waals surface area contributed by atoms with Crippen molar-refractivity contribution < 1.29 is 5.11 Å². The van der Waals surface area contributed by atoms with Gasteiger partial charge in [0.2, 0.25) is 0 Å². The Morgan fingerprint density at radius 3 is 2.44 bits per heavy atom. The first kappa shape index (κ1) is 15.2. The van der Waals surface area contributed by atoms with Crippen molar-refractivity contribution in [2.45, 2.75) is 58.0 Å². The summed E-state index contributed by atoms with van der Waals surface area (Å²) in [4.78, 5) is 0. The van der Waals surface area contributed by atoms with Crippen LogP contribution in [0.25, 0.3) is 0 Å². The van der Waals surface area contributed by atoms with Crippen LogP contribution in [0, 0.1) is 0 Å². The van der Waals surface area contributed by atoms with Crippen molar-refractivity contribution in [2.75, 3.05) is 6.61 Å². The normalized spacial score (nSPS) is 12.6. The van der Waals surface area contributed by atoms with Crippen LogP contribution in [-0.4, -0.2) is 17.8 Å². The van der Waals surface area contributed by atoms with Gasteiger partial charge in [0.1, 0.15) is 0 Å². The summed E-state index contributed by atoms with van der Waals surface area (Å²) < 4.78 is 0. The lowest BCUT2D eigenvalue weighted by Gasteiger charge is -2.16. The van der Waals surface area contributed by atoms with Gasteiger partial charge in [0.25, 0.3) is 0 Å². The van der Waals surface area contributed by atoms with Crippen LogP contribution >= 0.6 is 0 Å². The zero-order valence-electron chi connectivity index (χ0n) is 11.6. The summed E-state index contributed by atoms with van der Waals surface area (Å²) in [5.74, 6) is 0. The number of nitrogens with one attached hydrogen (secondary N) is 1. The Hall–Kier alpha value is -0.860. The van der Waals surface area contributed by atoms with Crippen molar-refractivity contribution >= 4 is 0 Å². The Kier molecular flexibility index (Phi) is 8.53. The number of hydrogen-bond donors (Lipinski definition) is 2. The highest BCUT2D eigenvalue weighted by Gasteiger charge is 2.06. The molecule has 0 aliphatic carbocycles. The maximum atomic E-state index is 9.34. The number of hydrogen-bond acceptors (Lipinski definition) is 2. The smallest absolute Gasteiger partial charge is 0.0584 e. The summed E-state index contributed by atoms with van der Waals surface area (Å²) in [6, 6.07) is 10.6. The number of rotatable bonds is 10. The molecular formula is C16H27NO. The van der Waals surface area contributed by atoms with Crippen LogP contribution in [0.2, 0.25) is 0 Å². The van der Waals surface area contributed by atoms with Crippen molar-refractivity contribution in [3.8, 4) is 0 Å². The molecular weight excluding hydrogens is 222 g/mol. The minimum absolute atomic E-state index is 0.237. The molecule has 0 saturated heterocycles. The van der Waals surface area contributed by atoms with E-state index >= 15 is 0 Å². The number of unbranched alkanes of at least 4 members (excludes halogenated alkanes) is 4. The lowest BCUT2D eigenvalue weighted by molar-refractivity contribution is 0.232. The molecule has 0 fully saturated rings. The second kappa shape index (κ2) is 10.1. The first-order valence-corrected chi connectivity index (χ1v) is 7.25. The van der Waals surface area contributed by atoms with E-state index in [2.05, 4.69) is 36.5 Å². The highest BCUT2D eigenvalue weighted by molar-refractivity contribution is 5.14. The SMILES string of the molecule is CCCCCCCC(CO)NCc1ccccc1. The summed E-state index contributed by atoms with van der Waals surface area (Å²) in [5.41, 5.74) is 1.28. The predicted octanol–water partition coefficient (Wildman–Crippen LogP) is 3.50. The molecule has 1 aromatic carbocycles. The average molecular weight is 249 g/mol. The molecule has 0 heterocycles. The molecule has 2 nitrogen and oxygen atoms in total. The van der Waals surface area contributed by atoms with Crippen LogP contribution < -0.4 is 5.32 Å². The first-order valence-electron chi connectivity index (χ1n) is 7.25. The highest BCUT2D eigenvalue weighted by Crippen LogP contribution is 2.08. The summed E-state index contributed by atoms with van der Waals surface area (Å²) in [7, 11) is 0. The van der Waals surface area contributed by atoms with Gasteiger partial charge in [-0.05, 0) is 12.0 Å². The minimum atomic E-state index is 0.237. The van der Waals surface area contributed by atoms with Gasteiger partial charge >= 0.3 is 0 Å². The van der Waals surface area contributed by atoms with Crippen LogP contribution in [0.5, 0.6) is 0 Å². The molecule has 18 heavy (non-hydrogen) atoms. The van der Waals surface area contributed by atoms with Crippen LogP contribution in [-0.2, 0) is 6.54 Å². The Bertz CT molecular complexity index is 286. The molecule has 0 spiro atoms. The van der Waals surface area contributed by atoms with E-state index in [-0.39, 0.29) is 12.6 Å². The van der Waals surface area contributed by atoms with Gasteiger partial charge in [0, 0.05) is 12.6 Å². The van der Waals surface area contributed by atoms with Gasteiger partial charge < -0.3 is 10.4 Å². The third-order valence-corrected chi connectivity index (χ3v) is 3.31. The summed E-state index contributed by atoms with van der Waals surface area (Å²) in [5, 5.41) is 12.8. The maximum absolute atomic E-state index is 9.34. The van der Waals surface area contributed by atoms with Crippen molar-refractivity contribution in [2.24, 2.45) is 0 Å². The molecule has 2 heteroatoms. The molecule has 0 bridgehead atoms. The molecule has 0 radical (unpaired) electrons. The molecule has 0 amide bonds. The Labute approximate surface area is 111 Å². The largest absolute Gasteiger partial charge is 0.395 e. The lowest BCUT2D eigenvalue weighted by atomic mass is 10.1. The molecule has 0 aliphatic heterocycles.